The van der Waals surface area contributed by atoms with Gasteiger partial charge in [-0.3, -0.25) is 15.2 Å². The van der Waals surface area contributed by atoms with Crippen LogP contribution in [0, 0.1) is 0 Å². The summed E-state index contributed by atoms with van der Waals surface area (Å²) >= 11 is 0. The zero-order chi connectivity index (χ0) is 35.9. The molecule has 7 heteroatoms. The standard InChI is InChI=1S/C46H40N6O/c53-45-43-44(48-30-29-47-43)46(50-49-45,39-21-25-41(26-22-39)51(31-35-13-5-1-6-14-35)32-36-15-7-2-8-16-36)40-23-27-42(28-24-40)52(33-37-17-9-3-10-18-37)34-38-19-11-4-12-20-38/h1-30,50H,31-34H2,(H,49,53). The Labute approximate surface area is 310 Å². The van der Waals surface area contributed by atoms with Crippen LogP contribution in [-0.2, 0) is 31.7 Å². The predicted octanol–water partition coefficient (Wildman–Crippen LogP) is 8.43. The summed E-state index contributed by atoms with van der Waals surface area (Å²) in [7, 11) is 0. The molecule has 2 N–H and O–H groups in total. The molecule has 0 aliphatic carbocycles. The van der Waals surface area contributed by atoms with Crippen LogP contribution in [0.5, 0.6) is 0 Å². The van der Waals surface area contributed by atoms with Gasteiger partial charge in [0.1, 0.15) is 11.2 Å². The SMILES string of the molecule is O=C1NNC(c2ccc(N(Cc3ccccc3)Cc3ccccc3)cc2)(c2ccc(N(Cc3ccccc3)Cc3ccccc3)cc2)c2nccnc21. The molecule has 0 bridgehead atoms. The van der Waals surface area contributed by atoms with Crippen molar-refractivity contribution in [1.82, 2.24) is 20.8 Å². The first-order valence-electron chi connectivity index (χ1n) is 17.9. The highest BCUT2D eigenvalue weighted by molar-refractivity contribution is 5.95. The molecule has 1 amide bonds. The van der Waals surface area contributed by atoms with Crippen LogP contribution in [0.15, 0.2) is 182 Å². The van der Waals surface area contributed by atoms with E-state index in [1.54, 1.807) is 12.4 Å². The molecule has 0 radical (unpaired) electrons. The normalized spacial score (nSPS) is 13.1. The van der Waals surface area contributed by atoms with Crippen LogP contribution in [0.4, 0.5) is 11.4 Å². The van der Waals surface area contributed by atoms with E-state index in [-0.39, 0.29) is 5.91 Å². The highest BCUT2D eigenvalue weighted by atomic mass is 16.2. The number of hydrazine groups is 1. The zero-order valence-electron chi connectivity index (χ0n) is 29.3. The second-order valence-electron chi connectivity index (χ2n) is 13.3. The molecule has 7 nitrogen and oxygen atoms in total. The first kappa shape index (κ1) is 33.6. The number of anilines is 2. The van der Waals surface area contributed by atoms with E-state index in [1.807, 2.05) is 24.3 Å². The number of carbonyl (C=O) groups is 1. The molecule has 1 aromatic heterocycles. The number of carbonyl (C=O) groups excluding carboxylic acids is 1. The number of hydrogen-bond acceptors (Lipinski definition) is 6. The van der Waals surface area contributed by atoms with Gasteiger partial charge in [-0.2, -0.15) is 0 Å². The summed E-state index contributed by atoms with van der Waals surface area (Å²) in [5, 5.41) is 0. The zero-order valence-corrected chi connectivity index (χ0v) is 29.3. The van der Waals surface area contributed by atoms with Crippen LogP contribution in [0.3, 0.4) is 0 Å². The van der Waals surface area contributed by atoms with E-state index in [9.17, 15) is 4.79 Å². The van der Waals surface area contributed by atoms with Gasteiger partial charge in [-0.15, -0.1) is 0 Å². The van der Waals surface area contributed by atoms with E-state index >= 15 is 0 Å². The summed E-state index contributed by atoms with van der Waals surface area (Å²) < 4.78 is 0. The highest BCUT2D eigenvalue weighted by Crippen LogP contribution is 2.40. The minimum atomic E-state index is -0.998. The van der Waals surface area contributed by atoms with E-state index in [0.717, 1.165) is 48.7 Å². The van der Waals surface area contributed by atoms with Crippen LogP contribution in [0.25, 0.3) is 0 Å². The molecule has 53 heavy (non-hydrogen) atoms. The van der Waals surface area contributed by atoms with E-state index in [2.05, 4.69) is 171 Å². The number of amides is 1. The fourth-order valence-corrected chi connectivity index (χ4v) is 7.17. The van der Waals surface area contributed by atoms with E-state index in [1.165, 1.54) is 22.3 Å². The maximum atomic E-state index is 13.1. The van der Waals surface area contributed by atoms with Crippen molar-refractivity contribution in [1.29, 1.82) is 0 Å². The van der Waals surface area contributed by atoms with E-state index in [4.69, 9.17) is 4.98 Å². The Morgan fingerprint density at radius 3 is 1.19 bits per heavy atom. The molecular weight excluding hydrogens is 653 g/mol. The Kier molecular flexibility index (Phi) is 9.72. The Balaban J connectivity index is 1.18. The first-order chi connectivity index (χ1) is 26.2. The molecule has 0 fully saturated rings. The van der Waals surface area contributed by atoms with Crippen molar-refractivity contribution in [3.05, 3.63) is 227 Å². The fraction of sp³-hybridized carbons (Fsp3) is 0.109. The Morgan fingerprint density at radius 2 is 0.811 bits per heavy atom. The second kappa shape index (κ2) is 15.4. The number of nitrogens with one attached hydrogen (secondary N) is 2. The van der Waals surface area contributed by atoms with Crippen molar-refractivity contribution in [3.8, 4) is 0 Å². The number of aromatic nitrogens is 2. The highest BCUT2D eigenvalue weighted by Gasteiger charge is 2.45. The molecule has 7 aromatic rings. The molecule has 0 spiro atoms. The quantitative estimate of drug-likeness (QED) is 0.134. The van der Waals surface area contributed by atoms with Gasteiger partial charge >= 0.3 is 0 Å². The third-order valence-electron chi connectivity index (χ3n) is 9.83. The molecule has 6 aromatic carbocycles. The largest absolute Gasteiger partial charge is 0.363 e. The lowest BCUT2D eigenvalue weighted by molar-refractivity contribution is 0.0888. The summed E-state index contributed by atoms with van der Waals surface area (Å²) in [4.78, 5) is 27.2. The van der Waals surface area contributed by atoms with Gasteiger partial charge in [0.15, 0.2) is 5.69 Å². The Bertz CT molecular complexity index is 2030. The van der Waals surface area contributed by atoms with Crippen molar-refractivity contribution in [2.75, 3.05) is 9.80 Å². The van der Waals surface area contributed by atoms with Crippen LogP contribution < -0.4 is 20.7 Å². The van der Waals surface area contributed by atoms with Crippen LogP contribution in [0.2, 0.25) is 0 Å². The van der Waals surface area contributed by atoms with Crippen LogP contribution >= 0.6 is 0 Å². The van der Waals surface area contributed by atoms with Crippen molar-refractivity contribution < 1.29 is 4.79 Å². The number of fused-ring (bicyclic) bond motifs is 1. The van der Waals surface area contributed by atoms with E-state index < -0.39 is 5.54 Å². The maximum absolute atomic E-state index is 13.1. The van der Waals surface area contributed by atoms with Crippen molar-refractivity contribution >= 4 is 17.3 Å². The molecule has 0 unspecified atom stereocenters. The van der Waals surface area contributed by atoms with Gasteiger partial charge in [0.05, 0.1) is 0 Å². The van der Waals surface area contributed by atoms with Crippen molar-refractivity contribution in [2.24, 2.45) is 0 Å². The first-order valence-corrected chi connectivity index (χ1v) is 17.9. The summed E-state index contributed by atoms with van der Waals surface area (Å²) in [5.41, 5.74) is 15.1. The summed E-state index contributed by atoms with van der Waals surface area (Å²) in [6.07, 6.45) is 3.22. The van der Waals surface area contributed by atoms with Gasteiger partial charge < -0.3 is 9.80 Å². The molecule has 0 atom stereocenters. The fourth-order valence-electron chi connectivity index (χ4n) is 7.17. The molecule has 8 rings (SSSR count). The number of nitrogens with zero attached hydrogens (tertiary/aromatic N) is 4. The lowest BCUT2D eigenvalue weighted by Gasteiger charge is -2.39. The van der Waals surface area contributed by atoms with Crippen LogP contribution in [-0.4, -0.2) is 15.9 Å². The second-order valence-corrected chi connectivity index (χ2v) is 13.3. The van der Waals surface area contributed by atoms with Gasteiger partial charge in [0, 0.05) is 49.9 Å². The smallest absolute Gasteiger partial charge is 0.286 e. The van der Waals surface area contributed by atoms with E-state index in [0.29, 0.717) is 11.4 Å². The van der Waals surface area contributed by atoms with Gasteiger partial charge in [0.2, 0.25) is 0 Å². The Hall–Kier alpha value is -6.57. The molecule has 0 saturated carbocycles. The predicted molar refractivity (Wildman–Crippen MR) is 211 cm³/mol. The number of hydrogen-bond donors (Lipinski definition) is 2. The monoisotopic (exact) mass is 692 g/mol. The third-order valence-corrected chi connectivity index (χ3v) is 9.83. The van der Waals surface area contributed by atoms with Crippen molar-refractivity contribution in [3.63, 3.8) is 0 Å². The minimum absolute atomic E-state index is 0.295. The van der Waals surface area contributed by atoms with Crippen LogP contribution in [0.1, 0.15) is 49.6 Å². The molecular formula is C46H40N6O. The average molecular weight is 693 g/mol. The topological polar surface area (TPSA) is 73.4 Å². The minimum Gasteiger partial charge on any atom is -0.363 e. The summed E-state index contributed by atoms with van der Waals surface area (Å²) in [5.74, 6) is -0.314. The molecule has 260 valence electrons. The summed E-state index contributed by atoms with van der Waals surface area (Å²) in [6, 6.07) is 59.3. The molecule has 0 saturated heterocycles. The number of benzene rings is 6. The lowest BCUT2D eigenvalue weighted by Crippen LogP contribution is -2.59. The summed E-state index contributed by atoms with van der Waals surface area (Å²) in [6.45, 7) is 3.03. The number of rotatable bonds is 12. The lowest BCUT2D eigenvalue weighted by atomic mass is 9.78. The van der Waals surface area contributed by atoms with Crippen molar-refractivity contribution in [2.45, 2.75) is 31.7 Å². The molecule has 2 heterocycles. The Morgan fingerprint density at radius 1 is 0.453 bits per heavy atom. The molecule has 1 aliphatic rings. The maximum Gasteiger partial charge on any atom is 0.286 e. The van der Waals surface area contributed by atoms with Gasteiger partial charge in [-0.1, -0.05) is 146 Å². The van der Waals surface area contributed by atoms with Gasteiger partial charge in [-0.25, -0.2) is 10.4 Å². The van der Waals surface area contributed by atoms with Gasteiger partial charge in [-0.05, 0) is 57.6 Å². The third kappa shape index (κ3) is 7.29. The molecule has 1 aliphatic heterocycles. The van der Waals surface area contributed by atoms with Gasteiger partial charge in [0.25, 0.3) is 5.91 Å². The average Bonchev–Trinajstić information content (AvgIpc) is 3.23.